The summed E-state index contributed by atoms with van der Waals surface area (Å²) in [7, 11) is 0. The normalized spacial score (nSPS) is 7.40. The van der Waals surface area contributed by atoms with Gasteiger partial charge < -0.3 is 14.5 Å². The summed E-state index contributed by atoms with van der Waals surface area (Å²) in [5.41, 5.74) is 0. The molecule has 1 heterocycles. The van der Waals surface area contributed by atoms with E-state index in [0.717, 1.165) is 0 Å². The van der Waals surface area contributed by atoms with E-state index >= 15 is 0 Å². The molecule has 0 aliphatic carbocycles. The van der Waals surface area contributed by atoms with Crippen LogP contribution >= 0.6 is 0 Å². The van der Waals surface area contributed by atoms with Crippen LogP contribution in [0.15, 0.2) is 22.8 Å². The molecule has 10 heavy (non-hydrogen) atoms. The maximum absolute atomic E-state index is 9.77. The maximum atomic E-state index is 9.77. The van der Waals surface area contributed by atoms with E-state index in [1.54, 1.807) is 12.1 Å². The molecule has 2 N–H and O–H groups in total. The first-order valence-electron chi connectivity index (χ1n) is 2.44. The van der Waals surface area contributed by atoms with Crippen LogP contribution < -0.4 is 0 Å². The molecule has 0 bridgehead atoms. The molecule has 4 nitrogen and oxygen atoms in total. The van der Waals surface area contributed by atoms with Crippen LogP contribution in [0.3, 0.4) is 0 Å². The number of furan rings is 1. The smallest absolute Gasteiger partial charge is 0.462 e. The quantitative estimate of drug-likeness (QED) is 0.412. The highest BCUT2D eigenvalue weighted by molar-refractivity contribution is 6.13. The average Bonchev–Trinajstić information content (AvgIpc) is 2.39. The second-order valence-corrected chi connectivity index (χ2v) is 1.25. The monoisotopic (exact) mass is 141 g/mol. The number of rotatable bonds is 1. The highest BCUT2D eigenvalue weighted by atomic mass is 16.4. The van der Waals surface area contributed by atoms with Crippen molar-refractivity contribution in [3.8, 4) is 0 Å². The Kier molecular flexibility index (Phi) is 5.42. The Labute approximate surface area is 58.4 Å². The van der Waals surface area contributed by atoms with Crippen LogP contribution in [0.4, 0.5) is 0 Å². The predicted octanol–water partition coefficient (Wildman–Crippen LogP) is -0.403. The predicted molar refractivity (Wildman–Crippen MR) is 34.3 cm³/mol. The molecule has 0 aliphatic heterocycles. The van der Waals surface area contributed by atoms with Gasteiger partial charge in [-0.15, -0.1) is 0 Å². The molecule has 0 atom stereocenters. The van der Waals surface area contributed by atoms with Gasteiger partial charge in [-0.1, -0.05) is 0 Å². The molecule has 0 spiro atoms. The van der Waals surface area contributed by atoms with Crippen molar-refractivity contribution < 1.29 is 19.3 Å². The zero-order valence-electron chi connectivity index (χ0n) is 5.10. The second kappa shape index (κ2) is 6.06. The molecule has 53 valence electrons. The Morgan fingerprint density at radius 2 is 2.20 bits per heavy atom. The molecule has 1 aromatic heterocycles. The lowest BCUT2D eigenvalue weighted by Gasteiger charge is -1.68. The molecule has 5 heteroatoms. The molecule has 0 unspecified atom stereocenters. The first-order chi connectivity index (χ1) is 4.85. The minimum atomic E-state index is 0. The van der Waals surface area contributed by atoms with Crippen LogP contribution in [-0.2, 0) is 0 Å². The van der Waals surface area contributed by atoms with Crippen molar-refractivity contribution in [2.24, 2.45) is 0 Å². The molecule has 0 aromatic carbocycles. The third-order valence-corrected chi connectivity index (χ3v) is 0.659. The lowest BCUT2D eigenvalue weighted by Crippen LogP contribution is -1.75. The van der Waals surface area contributed by atoms with Gasteiger partial charge in [-0.3, -0.25) is 4.79 Å². The Hall–Kier alpha value is -1.07. The Bertz CT molecular complexity index is 160. The zero-order valence-corrected chi connectivity index (χ0v) is 5.10. The van der Waals surface area contributed by atoms with Gasteiger partial charge in [0.15, 0.2) is 12.0 Å². The van der Waals surface area contributed by atoms with E-state index in [1.165, 1.54) is 6.26 Å². The number of hydrogen-bond acceptors (Lipinski definition) is 4. The van der Waals surface area contributed by atoms with Crippen molar-refractivity contribution in [1.82, 2.24) is 0 Å². The van der Waals surface area contributed by atoms with Gasteiger partial charge in [-0.2, -0.15) is 0 Å². The van der Waals surface area contributed by atoms with Crippen LogP contribution in [-0.4, -0.2) is 24.0 Å². The molecule has 1 rings (SSSR count). The molecule has 0 aliphatic rings. The summed E-state index contributed by atoms with van der Waals surface area (Å²) in [5, 5.41) is 14.0. The van der Waals surface area contributed by atoms with Crippen molar-refractivity contribution in [2.75, 3.05) is 0 Å². The van der Waals surface area contributed by atoms with E-state index in [1.807, 2.05) is 0 Å². The number of carbonyl (C=O) groups excluding carboxylic acids is 1. The Balaban J connectivity index is 0.000000236. The van der Waals surface area contributed by atoms with Gasteiger partial charge in [0, 0.05) is 0 Å². The van der Waals surface area contributed by atoms with Gasteiger partial charge in [0.2, 0.25) is 0 Å². The molecule has 0 saturated carbocycles. The van der Waals surface area contributed by atoms with Crippen LogP contribution in [0.1, 0.15) is 10.6 Å². The number of carbonyl (C=O) groups is 1. The van der Waals surface area contributed by atoms with Crippen molar-refractivity contribution in [3.63, 3.8) is 0 Å². The molecule has 0 fully saturated rings. The first-order valence-corrected chi connectivity index (χ1v) is 2.44. The minimum Gasteiger partial charge on any atom is -0.462 e. The van der Waals surface area contributed by atoms with Crippen molar-refractivity contribution >= 4 is 14.0 Å². The molecular formula is C5H6BO4. The largest absolute Gasteiger partial charge is 0.482 e. The topological polar surface area (TPSA) is 70.7 Å². The van der Waals surface area contributed by atoms with Gasteiger partial charge in [0.1, 0.15) is 0 Å². The summed E-state index contributed by atoms with van der Waals surface area (Å²) in [6, 6.07) is 3.27. The third-order valence-electron chi connectivity index (χ3n) is 0.659. The summed E-state index contributed by atoms with van der Waals surface area (Å²) in [5.74, 6) is 0.375. The zero-order chi connectivity index (χ0) is 7.82. The molecule has 0 saturated heterocycles. The summed E-state index contributed by atoms with van der Waals surface area (Å²) < 4.78 is 4.61. The van der Waals surface area contributed by atoms with E-state index in [2.05, 4.69) is 4.42 Å². The average molecular weight is 141 g/mol. The molecular weight excluding hydrogens is 135 g/mol. The number of hydrogen-bond donors (Lipinski definition) is 2. The standard InChI is InChI=1S/C5H4O2.BH2O2/c6-4-5-2-1-3-7-5;2-1-3/h1-4H;2-3H. The van der Waals surface area contributed by atoms with E-state index < -0.39 is 0 Å². The van der Waals surface area contributed by atoms with Gasteiger partial charge in [0.25, 0.3) is 0 Å². The highest BCUT2D eigenvalue weighted by Gasteiger charge is 1.84. The Morgan fingerprint density at radius 3 is 2.40 bits per heavy atom. The number of aldehydes is 1. The Morgan fingerprint density at radius 1 is 1.60 bits per heavy atom. The lowest BCUT2D eigenvalue weighted by molar-refractivity contribution is 0.110. The maximum Gasteiger partial charge on any atom is 0.482 e. The first kappa shape index (κ1) is 8.93. The fourth-order valence-electron chi connectivity index (χ4n) is 0.358. The third kappa shape index (κ3) is 3.88. The SMILES string of the molecule is O=Cc1ccco1.O[B]O. The van der Waals surface area contributed by atoms with Crippen LogP contribution in [0, 0.1) is 0 Å². The van der Waals surface area contributed by atoms with Crippen LogP contribution in [0.25, 0.3) is 0 Å². The summed E-state index contributed by atoms with van der Waals surface area (Å²) in [4.78, 5) is 9.77. The van der Waals surface area contributed by atoms with Crippen molar-refractivity contribution in [3.05, 3.63) is 24.2 Å². The molecule has 1 aromatic rings. The van der Waals surface area contributed by atoms with E-state index in [4.69, 9.17) is 10.0 Å². The van der Waals surface area contributed by atoms with Gasteiger partial charge in [-0.05, 0) is 12.1 Å². The fourth-order valence-corrected chi connectivity index (χ4v) is 0.358. The van der Waals surface area contributed by atoms with E-state index in [0.29, 0.717) is 12.0 Å². The van der Waals surface area contributed by atoms with Gasteiger partial charge >= 0.3 is 7.69 Å². The van der Waals surface area contributed by atoms with Crippen LogP contribution in [0.2, 0.25) is 0 Å². The van der Waals surface area contributed by atoms with Gasteiger partial charge in [0.05, 0.1) is 6.26 Å². The summed E-state index contributed by atoms with van der Waals surface area (Å²) in [6.07, 6.45) is 2.13. The summed E-state index contributed by atoms with van der Waals surface area (Å²) in [6.45, 7) is 0. The second-order valence-electron chi connectivity index (χ2n) is 1.25. The summed E-state index contributed by atoms with van der Waals surface area (Å²) >= 11 is 0. The minimum absolute atomic E-state index is 0. The van der Waals surface area contributed by atoms with E-state index in [9.17, 15) is 4.79 Å². The van der Waals surface area contributed by atoms with Crippen molar-refractivity contribution in [2.45, 2.75) is 0 Å². The fraction of sp³-hybridized carbons (Fsp3) is 0. The molecule has 0 amide bonds. The van der Waals surface area contributed by atoms with Crippen molar-refractivity contribution in [1.29, 1.82) is 0 Å². The lowest BCUT2D eigenvalue weighted by atomic mass is 10.5. The molecule has 1 radical (unpaired) electrons. The van der Waals surface area contributed by atoms with Crippen LogP contribution in [0.5, 0.6) is 0 Å². The van der Waals surface area contributed by atoms with E-state index in [-0.39, 0.29) is 7.69 Å². The van der Waals surface area contributed by atoms with Gasteiger partial charge in [-0.25, -0.2) is 0 Å². The highest BCUT2D eigenvalue weighted by Crippen LogP contribution is 1.92.